The van der Waals surface area contributed by atoms with Gasteiger partial charge in [0.2, 0.25) is 0 Å². The number of fused-ring (bicyclic) bond motifs is 1. The summed E-state index contributed by atoms with van der Waals surface area (Å²) in [6, 6.07) is 9.39. The van der Waals surface area contributed by atoms with Crippen LogP contribution in [0.2, 0.25) is 5.15 Å². The SMILES string of the molecule is Cc1cccc2c(Cl)nc(-c3cccc(F)c3F)nc12. The summed E-state index contributed by atoms with van der Waals surface area (Å²) in [5.41, 5.74) is 1.52. The quantitative estimate of drug-likeness (QED) is 0.615. The third-order valence-corrected chi connectivity index (χ3v) is 3.36. The first kappa shape index (κ1) is 12.9. The van der Waals surface area contributed by atoms with E-state index in [0.29, 0.717) is 10.9 Å². The number of hydrogen-bond acceptors (Lipinski definition) is 2. The smallest absolute Gasteiger partial charge is 0.169 e. The van der Waals surface area contributed by atoms with Gasteiger partial charge in [-0.2, -0.15) is 0 Å². The van der Waals surface area contributed by atoms with Gasteiger partial charge >= 0.3 is 0 Å². The highest BCUT2D eigenvalue weighted by Gasteiger charge is 2.15. The highest BCUT2D eigenvalue weighted by atomic mass is 35.5. The predicted octanol–water partition coefficient (Wildman–Crippen LogP) is 4.54. The second-order valence-electron chi connectivity index (χ2n) is 4.41. The zero-order chi connectivity index (χ0) is 14.3. The molecular formula is C15H9ClF2N2. The molecule has 2 nitrogen and oxygen atoms in total. The molecule has 0 saturated carbocycles. The monoisotopic (exact) mass is 290 g/mol. The maximum Gasteiger partial charge on any atom is 0.169 e. The van der Waals surface area contributed by atoms with E-state index in [1.165, 1.54) is 12.1 Å². The van der Waals surface area contributed by atoms with E-state index in [-0.39, 0.29) is 16.5 Å². The van der Waals surface area contributed by atoms with Gasteiger partial charge in [-0.15, -0.1) is 0 Å². The van der Waals surface area contributed by atoms with Gasteiger partial charge in [0.25, 0.3) is 0 Å². The zero-order valence-corrected chi connectivity index (χ0v) is 11.2. The Morgan fingerprint density at radius 3 is 2.55 bits per heavy atom. The molecule has 3 rings (SSSR count). The van der Waals surface area contributed by atoms with Crippen LogP contribution in [0.4, 0.5) is 8.78 Å². The number of aryl methyl sites for hydroxylation is 1. The van der Waals surface area contributed by atoms with Crippen LogP contribution in [0.25, 0.3) is 22.3 Å². The van der Waals surface area contributed by atoms with E-state index in [1.54, 1.807) is 6.07 Å². The Hall–Kier alpha value is -2.07. The molecule has 5 heteroatoms. The highest BCUT2D eigenvalue weighted by Crippen LogP contribution is 2.28. The molecule has 0 saturated heterocycles. The van der Waals surface area contributed by atoms with Crippen molar-refractivity contribution in [2.24, 2.45) is 0 Å². The van der Waals surface area contributed by atoms with Crippen LogP contribution in [0.3, 0.4) is 0 Å². The molecule has 0 N–H and O–H groups in total. The van der Waals surface area contributed by atoms with Crippen LogP contribution in [0.15, 0.2) is 36.4 Å². The van der Waals surface area contributed by atoms with E-state index in [9.17, 15) is 8.78 Å². The molecule has 0 aliphatic rings. The molecular weight excluding hydrogens is 282 g/mol. The van der Waals surface area contributed by atoms with Gasteiger partial charge in [0.15, 0.2) is 17.5 Å². The first-order valence-corrected chi connectivity index (χ1v) is 6.33. The highest BCUT2D eigenvalue weighted by molar-refractivity contribution is 6.34. The van der Waals surface area contributed by atoms with Gasteiger partial charge in [0.1, 0.15) is 5.15 Å². The van der Waals surface area contributed by atoms with Gasteiger partial charge < -0.3 is 0 Å². The lowest BCUT2D eigenvalue weighted by atomic mass is 10.1. The maximum atomic E-state index is 13.8. The fourth-order valence-electron chi connectivity index (χ4n) is 2.05. The molecule has 0 aliphatic heterocycles. The van der Waals surface area contributed by atoms with Crippen LogP contribution in [0, 0.1) is 18.6 Å². The largest absolute Gasteiger partial charge is 0.227 e. The van der Waals surface area contributed by atoms with Gasteiger partial charge in [-0.25, -0.2) is 18.7 Å². The summed E-state index contributed by atoms with van der Waals surface area (Å²) in [7, 11) is 0. The number of hydrogen-bond donors (Lipinski definition) is 0. The van der Waals surface area contributed by atoms with Crippen molar-refractivity contribution in [2.75, 3.05) is 0 Å². The van der Waals surface area contributed by atoms with Gasteiger partial charge in [-0.3, -0.25) is 0 Å². The lowest BCUT2D eigenvalue weighted by Crippen LogP contribution is -1.97. The molecule has 20 heavy (non-hydrogen) atoms. The average Bonchev–Trinajstić information content (AvgIpc) is 2.43. The Morgan fingerprint density at radius 1 is 1.00 bits per heavy atom. The van der Waals surface area contributed by atoms with Crippen molar-refractivity contribution in [1.82, 2.24) is 9.97 Å². The molecule has 1 heterocycles. The average molecular weight is 291 g/mol. The molecule has 0 aliphatic carbocycles. The molecule has 0 unspecified atom stereocenters. The molecule has 0 fully saturated rings. The van der Waals surface area contributed by atoms with Crippen molar-refractivity contribution in [3.63, 3.8) is 0 Å². The minimum absolute atomic E-state index is 0.00273. The predicted molar refractivity (Wildman–Crippen MR) is 74.6 cm³/mol. The molecule has 3 aromatic rings. The van der Waals surface area contributed by atoms with E-state index >= 15 is 0 Å². The van der Waals surface area contributed by atoms with Gasteiger partial charge in [-0.1, -0.05) is 29.8 Å². The van der Waals surface area contributed by atoms with Crippen molar-refractivity contribution in [2.45, 2.75) is 6.92 Å². The molecule has 0 atom stereocenters. The second-order valence-corrected chi connectivity index (χ2v) is 4.77. The summed E-state index contributed by atoms with van der Waals surface area (Å²) >= 11 is 6.11. The summed E-state index contributed by atoms with van der Waals surface area (Å²) in [5, 5.41) is 0.907. The number of nitrogens with zero attached hydrogens (tertiary/aromatic N) is 2. The van der Waals surface area contributed by atoms with Crippen molar-refractivity contribution in [1.29, 1.82) is 0 Å². The van der Waals surface area contributed by atoms with Crippen molar-refractivity contribution < 1.29 is 8.78 Å². The van der Waals surface area contributed by atoms with Crippen molar-refractivity contribution >= 4 is 22.5 Å². The Bertz CT molecular complexity index is 818. The van der Waals surface area contributed by atoms with E-state index in [1.807, 2.05) is 19.1 Å². The van der Waals surface area contributed by atoms with Crippen LogP contribution >= 0.6 is 11.6 Å². The zero-order valence-electron chi connectivity index (χ0n) is 10.5. The van der Waals surface area contributed by atoms with E-state index in [4.69, 9.17) is 11.6 Å². The van der Waals surface area contributed by atoms with Gasteiger partial charge in [-0.05, 0) is 30.7 Å². The Labute approximate surface area is 119 Å². The summed E-state index contributed by atoms with van der Waals surface area (Å²) in [6.07, 6.45) is 0. The van der Waals surface area contributed by atoms with Crippen LogP contribution in [0.1, 0.15) is 5.56 Å². The Morgan fingerprint density at radius 2 is 1.75 bits per heavy atom. The fraction of sp³-hybridized carbons (Fsp3) is 0.0667. The molecule has 0 radical (unpaired) electrons. The first-order chi connectivity index (χ1) is 9.58. The minimum Gasteiger partial charge on any atom is -0.227 e. The second kappa shape index (κ2) is 4.80. The van der Waals surface area contributed by atoms with E-state index in [0.717, 1.165) is 11.6 Å². The van der Waals surface area contributed by atoms with E-state index < -0.39 is 11.6 Å². The first-order valence-electron chi connectivity index (χ1n) is 5.95. The molecule has 100 valence electrons. The normalized spacial score (nSPS) is 11.0. The number of aromatic nitrogens is 2. The maximum absolute atomic E-state index is 13.8. The standard InChI is InChI=1S/C15H9ClF2N2/c1-8-4-2-6-10-13(8)19-15(20-14(10)16)9-5-3-7-11(17)12(9)18/h2-7H,1H3. The molecule has 2 aromatic carbocycles. The number of halogens is 3. The van der Waals surface area contributed by atoms with Crippen LogP contribution in [-0.4, -0.2) is 9.97 Å². The van der Waals surface area contributed by atoms with Crippen LogP contribution in [0.5, 0.6) is 0 Å². The Balaban J connectivity index is 2.33. The molecule has 1 aromatic heterocycles. The molecule has 0 amide bonds. The van der Waals surface area contributed by atoms with E-state index in [2.05, 4.69) is 9.97 Å². The lowest BCUT2D eigenvalue weighted by molar-refractivity contribution is 0.510. The van der Waals surface area contributed by atoms with Crippen LogP contribution < -0.4 is 0 Å². The van der Waals surface area contributed by atoms with Gasteiger partial charge in [0, 0.05) is 5.39 Å². The van der Waals surface area contributed by atoms with Crippen LogP contribution in [-0.2, 0) is 0 Å². The van der Waals surface area contributed by atoms with Gasteiger partial charge in [0.05, 0.1) is 11.1 Å². The summed E-state index contributed by atoms with van der Waals surface area (Å²) in [4.78, 5) is 8.37. The minimum atomic E-state index is -0.975. The lowest BCUT2D eigenvalue weighted by Gasteiger charge is -2.07. The third kappa shape index (κ3) is 2.02. The number of rotatable bonds is 1. The third-order valence-electron chi connectivity index (χ3n) is 3.07. The fourth-order valence-corrected chi connectivity index (χ4v) is 2.29. The van der Waals surface area contributed by atoms with Crippen molar-refractivity contribution in [3.05, 3.63) is 58.7 Å². The number of benzene rings is 2. The molecule has 0 bridgehead atoms. The Kier molecular flexibility index (Phi) is 3.10. The molecule has 0 spiro atoms. The summed E-state index contributed by atoms with van der Waals surface area (Å²) in [6.45, 7) is 1.87. The number of para-hydroxylation sites is 1. The summed E-state index contributed by atoms with van der Waals surface area (Å²) < 4.78 is 27.1. The topological polar surface area (TPSA) is 25.8 Å². The van der Waals surface area contributed by atoms with Crippen molar-refractivity contribution in [3.8, 4) is 11.4 Å². The summed E-state index contributed by atoms with van der Waals surface area (Å²) in [5.74, 6) is -1.84.